The summed E-state index contributed by atoms with van der Waals surface area (Å²) in [7, 11) is -4.17. The molecular weight excluding hydrogens is 403 g/mol. The molecule has 0 heterocycles. The molecule has 0 unspecified atom stereocenters. The van der Waals surface area contributed by atoms with E-state index in [4.69, 9.17) is 0 Å². The van der Waals surface area contributed by atoms with Gasteiger partial charge in [-0.15, -0.1) is 0 Å². The maximum atomic E-state index is 14.6. The van der Waals surface area contributed by atoms with Crippen LogP contribution in [-0.4, -0.2) is 11.0 Å². The molecule has 4 heteroatoms. The van der Waals surface area contributed by atoms with Crippen molar-refractivity contribution in [1.29, 1.82) is 0 Å². The van der Waals surface area contributed by atoms with Crippen molar-refractivity contribution in [3.05, 3.63) is 105 Å². The summed E-state index contributed by atoms with van der Waals surface area (Å²) in [4.78, 5) is 27.8. The van der Waals surface area contributed by atoms with E-state index in [9.17, 15) is 14.2 Å². The number of rotatable bonds is 7. The summed E-state index contributed by atoms with van der Waals surface area (Å²) in [5.74, 6) is 0. The van der Waals surface area contributed by atoms with E-state index in [2.05, 4.69) is 6.58 Å². The molecule has 2 rings (SSSR count). The van der Waals surface area contributed by atoms with E-state index < -0.39 is 18.2 Å². The number of hydrogen-bond donors (Lipinski definition) is 0. The van der Waals surface area contributed by atoms with Crippen LogP contribution in [0.3, 0.4) is 0 Å². The van der Waals surface area contributed by atoms with Gasteiger partial charge in [0.2, 0.25) is 18.2 Å². The van der Waals surface area contributed by atoms with Crippen molar-refractivity contribution in [2.24, 2.45) is 0 Å². The smallest absolute Gasteiger partial charge is 0.248 e. The van der Waals surface area contributed by atoms with E-state index in [1.807, 2.05) is 65.8 Å². The SMILES string of the molecule is C=CC=CC(=CC)P(=O)(C(=O)c1c(C)cc(C)cc1C)C(=O)c1c(C)cc(C)cc1C. The van der Waals surface area contributed by atoms with Gasteiger partial charge in [0.1, 0.15) is 0 Å². The highest BCUT2D eigenvalue weighted by Gasteiger charge is 2.45. The summed E-state index contributed by atoms with van der Waals surface area (Å²) in [5, 5.41) is 0.223. The molecule has 0 fully saturated rings. The zero-order chi connectivity index (χ0) is 23.5. The van der Waals surface area contributed by atoms with Gasteiger partial charge in [0.25, 0.3) is 0 Å². The zero-order valence-electron chi connectivity index (χ0n) is 19.5. The third kappa shape index (κ3) is 4.62. The monoisotopic (exact) mass is 434 g/mol. The van der Waals surface area contributed by atoms with Crippen LogP contribution in [0.25, 0.3) is 0 Å². The van der Waals surface area contributed by atoms with Gasteiger partial charge in [0.15, 0.2) is 0 Å². The van der Waals surface area contributed by atoms with Gasteiger partial charge in [-0.1, -0.05) is 66.3 Å². The Bertz CT molecular complexity index is 1060. The first kappa shape index (κ1) is 24.5. The predicted molar refractivity (Wildman–Crippen MR) is 131 cm³/mol. The van der Waals surface area contributed by atoms with E-state index in [1.54, 1.807) is 25.2 Å². The predicted octanol–water partition coefficient (Wildman–Crippen LogP) is 7.53. The molecule has 2 aromatic carbocycles. The van der Waals surface area contributed by atoms with Crippen LogP contribution in [0.2, 0.25) is 0 Å². The number of allylic oxidation sites excluding steroid dienone is 5. The van der Waals surface area contributed by atoms with Crippen LogP contribution in [-0.2, 0) is 4.57 Å². The van der Waals surface area contributed by atoms with Crippen molar-refractivity contribution in [3.8, 4) is 0 Å². The summed E-state index contributed by atoms with van der Waals surface area (Å²) in [6.45, 7) is 16.5. The first-order valence-electron chi connectivity index (χ1n) is 10.3. The third-order valence-electron chi connectivity index (χ3n) is 5.42. The van der Waals surface area contributed by atoms with E-state index in [0.29, 0.717) is 11.1 Å². The molecule has 0 aliphatic rings. The highest BCUT2D eigenvalue weighted by Crippen LogP contribution is 2.60. The molecule has 0 saturated heterocycles. The molecule has 0 saturated carbocycles. The van der Waals surface area contributed by atoms with Crippen LogP contribution < -0.4 is 0 Å². The molecule has 0 bridgehead atoms. The minimum absolute atomic E-state index is 0.223. The highest BCUT2D eigenvalue weighted by atomic mass is 31.2. The van der Waals surface area contributed by atoms with Crippen molar-refractivity contribution in [1.82, 2.24) is 0 Å². The van der Waals surface area contributed by atoms with E-state index in [0.717, 1.165) is 33.4 Å². The molecular formula is C27H31O3P. The Kier molecular flexibility index (Phi) is 7.57. The molecule has 162 valence electrons. The van der Waals surface area contributed by atoms with Gasteiger partial charge in [0, 0.05) is 16.4 Å². The minimum atomic E-state index is -4.17. The summed E-state index contributed by atoms with van der Waals surface area (Å²) >= 11 is 0. The van der Waals surface area contributed by atoms with Gasteiger partial charge in [-0.2, -0.15) is 0 Å². The lowest BCUT2D eigenvalue weighted by Gasteiger charge is -2.22. The molecule has 0 aliphatic heterocycles. The first-order chi connectivity index (χ1) is 14.5. The summed E-state index contributed by atoms with van der Waals surface area (Å²) in [6, 6.07) is 7.53. The van der Waals surface area contributed by atoms with E-state index in [1.165, 1.54) is 6.08 Å². The van der Waals surface area contributed by atoms with Crippen molar-refractivity contribution >= 4 is 18.2 Å². The Labute approximate surface area is 186 Å². The van der Waals surface area contributed by atoms with E-state index in [-0.39, 0.29) is 5.31 Å². The molecule has 0 aliphatic carbocycles. The molecule has 2 aromatic rings. The number of carbonyl (C=O) groups excluding carboxylic acids is 2. The largest absolute Gasteiger partial charge is 0.302 e. The van der Waals surface area contributed by atoms with Gasteiger partial charge in [-0.05, 0) is 70.7 Å². The lowest BCUT2D eigenvalue weighted by molar-refractivity contribution is 0.103. The van der Waals surface area contributed by atoms with Crippen molar-refractivity contribution in [2.45, 2.75) is 48.5 Å². The van der Waals surface area contributed by atoms with Crippen LogP contribution in [0, 0.1) is 41.5 Å². The van der Waals surface area contributed by atoms with Crippen LogP contribution in [0.15, 0.2) is 60.5 Å². The maximum Gasteiger partial charge on any atom is 0.248 e. The molecule has 0 radical (unpaired) electrons. The fourth-order valence-corrected chi connectivity index (χ4v) is 6.87. The summed E-state index contributed by atoms with van der Waals surface area (Å²) in [6.07, 6.45) is 6.29. The van der Waals surface area contributed by atoms with Crippen LogP contribution in [0.1, 0.15) is 61.0 Å². The van der Waals surface area contributed by atoms with E-state index >= 15 is 0 Å². The number of carbonyl (C=O) groups is 2. The fraction of sp³-hybridized carbons (Fsp3) is 0.259. The third-order valence-corrected chi connectivity index (χ3v) is 8.14. The molecule has 0 atom stereocenters. The van der Waals surface area contributed by atoms with Crippen LogP contribution in [0.5, 0.6) is 0 Å². The Morgan fingerprint density at radius 1 is 0.774 bits per heavy atom. The Hall–Kier alpha value is -2.77. The standard InChI is InChI=1S/C27H31O3P/c1-9-11-12-23(10-2)31(30,26(28)24-19(5)13-17(3)14-20(24)6)27(29)25-21(7)15-18(4)16-22(25)8/h9-16H,1H2,2-8H3. The van der Waals surface area contributed by atoms with Crippen LogP contribution in [0.4, 0.5) is 0 Å². The lowest BCUT2D eigenvalue weighted by atomic mass is 10.0. The molecule has 31 heavy (non-hydrogen) atoms. The second-order valence-corrected chi connectivity index (χ2v) is 10.6. The molecule has 0 N–H and O–H groups in total. The van der Waals surface area contributed by atoms with Gasteiger partial charge in [0.05, 0.1) is 0 Å². The average Bonchev–Trinajstić information content (AvgIpc) is 2.66. The highest BCUT2D eigenvalue weighted by molar-refractivity contribution is 7.98. The Morgan fingerprint density at radius 3 is 1.42 bits per heavy atom. The first-order valence-corrected chi connectivity index (χ1v) is 12.0. The second kappa shape index (κ2) is 9.58. The molecule has 0 amide bonds. The number of benzene rings is 2. The molecule has 3 nitrogen and oxygen atoms in total. The van der Waals surface area contributed by atoms with Crippen molar-refractivity contribution in [3.63, 3.8) is 0 Å². The molecule has 0 aromatic heterocycles. The second-order valence-electron chi connectivity index (χ2n) is 8.08. The van der Waals surface area contributed by atoms with Gasteiger partial charge in [-0.3, -0.25) is 9.59 Å². The van der Waals surface area contributed by atoms with Gasteiger partial charge >= 0.3 is 0 Å². The normalized spacial score (nSPS) is 12.3. The average molecular weight is 435 g/mol. The number of hydrogen-bond acceptors (Lipinski definition) is 3. The van der Waals surface area contributed by atoms with Crippen LogP contribution >= 0.6 is 7.14 Å². The van der Waals surface area contributed by atoms with Gasteiger partial charge in [-0.25, -0.2) is 0 Å². The number of aryl methyl sites for hydroxylation is 6. The fourth-order valence-electron chi connectivity index (χ4n) is 4.23. The summed E-state index contributed by atoms with van der Waals surface area (Å²) in [5.41, 5.74) is 4.38. The lowest BCUT2D eigenvalue weighted by Crippen LogP contribution is -2.16. The Morgan fingerprint density at radius 2 is 1.13 bits per heavy atom. The zero-order valence-corrected chi connectivity index (χ0v) is 20.4. The molecule has 0 spiro atoms. The Balaban J connectivity index is 2.88. The van der Waals surface area contributed by atoms with Gasteiger partial charge < -0.3 is 4.57 Å². The quantitative estimate of drug-likeness (QED) is 0.334. The topological polar surface area (TPSA) is 51.2 Å². The van der Waals surface area contributed by atoms with Crippen molar-refractivity contribution < 1.29 is 14.2 Å². The maximum absolute atomic E-state index is 14.6. The minimum Gasteiger partial charge on any atom is -0.302 e. The summed E-state index contributed by atoms with van der Waals surface area (Å²) < 4.78 is 14.6. The van der Waals surface area contributed by atoms with Crippen molar-refractivity contribution in [2.75, 3.05) is 0 Å².